The number of nitrogens with zero attached hydrogens (tertiary/aromatic N) is 6. The Morgan fingerprint density at radius 1 is 0.743 bits per heavy atom. The first-order valence-electron chi connectivity index (χ1n) is 11.0. The molecular weight excluding hydrogens is 470 g/mol. The quantitative estimate of drug-likeness (QED) is 0.418. The van der Waals surface area contributed by atoms with E-state index in [0.717, 1.165) is 17.3 Å². The van der Waals surface area contributed by atoms with Crippen LogP contribution in [0.2, 0.25) is 0 Å². The van der Waals surface area contributed by atoms with E-state index in [-0.39, 0.29) is 34.3 Å². The highest BCUT2D eigenvalue weighted by Crippen LogP contribution is 2.19. The van der Waals surface area contributed by atoms with Gasteiger partial charge in [0.25, 0.3) is 11.1 Å². The first-order chi connectivity index (χ1) is 16.2. The van der Waals surface area contributed by atoms with Gasteiger partial charge in [0, 0.05) is 41.2 Å². The molecule has 0 amide bonds. The molecule has 2 N–H and O–H groups in total. The van der Waals surface area contributed by atoms with Crippen molar-refractivity contribution >= 4 is 37.9 Å². The van der Waals surface area contributed by atoms with Gasteiger partial charge in [-0.25, -0.2) is 18.4 Å². The van der Waals surface area contributed by atoms with Crippen LogP contribution in [-0.4, -0.2) is 43.7 Å². The SMILES string of the molecule is Cc1nc(N)nc2c1ccc(=O)n2C(C)C.Cc1nc(S(C)(=O)=O)nc2c1ccc(=O)n2C(C)C. The van der Waals surface area contributed by atoms with Crippen molar-refractivity contribution in [1.82, 2.24) is 29.1 Å². The molecule has 0 aromatic carbocycles. The third-order valence-electron chi connectivity index (χ3n) is 5.31. The molecule has 0 bridgehead atoms. The first kappa shape index (κ1) is 25.9. The van der Waals surface area contributed by atoms with Crippen LogP contribution in [0.3, 0.4) is 0 Å². The number of fused-ring (bicyclic) bond motifs is 2. The standard InChI is InChI=1S/C12H15N3O3S.C11H14N4O/c1-7(2)15-10(16)6-5-9-8(3)13-12(14-11(9)15)19(4,17)18;1-6(2)15-9(16)5-4-8-7(3)13-11(12)14-10(8)15/h5-7H,1-4H3;4-6H,1-3H3,(H2,12,13,14). The van der Waals surface area contributed by atoms with Crippen LogP contribution in [0.1, 0.15) is 51.2 Å². The summed E-state index contributed by atoms with van der Waals surface area (Å²) in [6, 6.07) is 6.28. The molecule has 0 aliphatic heterocycles. The average Bonchev–Trinajstić information content (AvgIpc) is 2.72. The predicted molar refractivity (Wildman–Crippen MR) is 135 cm³/mol. The van der Waals surface area contributed by atoms with Crippen molar-refractivity contribution in [3.63, 3.8) is 0 Å². The van der Waals surface area contributed by atoms with Gasteiger partial charge in [0.05, 0.1) is 11.4 Å². The second-order valence-corrected chi connectivity index (χ2v) is 10.7. The van der Waals surface area contributed by atoms with Gasteiger partial charge in [-0.1, -0.05) is 0 Å². The minimum absolute atomic E-state index is 0.0462. The molecule has 0 aliphatic rings. The Hall–Kier alpha value is -3.67. The van der Waals surface area contributed by atoms with Crippen LogP contribution in [0.5, 0.6) is 0 Å². The number of hydrogen-bond donors (Lipinski definition) is 1. The molecule has 0 saturated heterocycles. The summed E-state index contributed by atoms with van der Waals surface area (Å²) in [6.45, 7) is 11.1. The summed E-state index contributed by atoms with van der Waals surface area (Å²) in [5.41, 5.74) is 7.62. The highest BCUT2D eigenvalue weighted by atomic mass is 32.2. The van der Waals surface area contributed by atoms with Crippen LogP contribution in [0.4, 0.5) is 5.95 Å². The highest BCUT2D eigenvalue weighted by molar-refractivity contribution is 7.90. The van der Waals surface area contributed by atoms with Gasteiger partial charge >= 0.3 is 0 Å². The van der Waals surface area contributed by atoms with E-state index in [9.17, 15) is 18.0 Å². The number of anilines is 1. The number of aryl methyl sites for hydroxylation is 2. The zero-order chi connectivity index (χ0) is 26.2. The lowest BCUT2D eigenvalue weighted by Gasteiger charge is -2.14. The molecule has 4 aromatic rings. The van der Waals surface area contributed by atoms with Gasteiger partial charge in [-0.05, 0) is 53.7 Å². The van der Waals surface area contributed by atoms with E-state index in [1.165, 1.54) is 16.7 Å². The maximum absolute atomic E-state index is 11.9. The van der Waals surface area contributed by atoms with Crippen LogP contribution in [0.25, 0.3) is 22.1 Å². The molecule has 4 rings (SSSR count). The Morgan fingerprint density at radius 3 is 1.60 bits per heavy atom. The molecule has 4 heterocycles. The van der Waals surface area contributed by atoms with Gasteiger partial charge in [0.1, 0.15) is 11.3 Å². The number of sulfone groups is 1. The molecule has 0 radical (unpaired) electrons. The summed E-state index contributed by atoms with van der Waals surface area (Å²) in [6.07, 6.45) is 1.05. The summed E-state index contributed by atoms with van der Waals surface area (Å²) in [4.78, 5) is 39.9. The lowest BCUT2D eigenvalue weighted by Crippen LogP contribution is -2.23. The molecule has 186 valence electrons. The molecule has 12 heteroatoms. The smallest absolute Gasteiger partial charge is 0.252 e. The molecule has 0 aliphatic carbocycles. The largest absolute Gasteiger partial charge is 0.368 e. The maximum Gasteiger partial charge on any atom is 0.252 e. The van der Waals surface area contributed by atoms with Crippen molar-refractivity contribution in [3.05, 3.63) is 56.4 Å². The molecule has 35 heavy (non-hydrogen) atoms. The number of aromatic nitrogens is 6. The molecular formula is C23H29N7O4S. The summed E-state index contributed by atoms with van der Waals surface area (Å²) >= 11 is 0. The van der Waals surface area contributed by atoms with E-state index >= 15 is 0 Å². The monoisotopic (exact) mass is 499 g/mol. The second-order valence-electron chi connectivity index (χ2n) is 8.78. The summed E-state index contributed by atoms with van der Waals surface area (Å²) in [5, 5.41) is 1.29. The molecule has 0 atom stereocenters. The zero-order valence-electron chi connectivity index (χ0n) is 20.8. The van der Waals surface area contributed by atoms with Crippen molar-refractivity contribution in [2.75, 3.05) is 12.0 Å². The fraction of sp³-hybridized carbons (Fsp3) is 0.391. The Morgan fingerprint density at radius 2 is 1.17 bits per heavy atom. The number of nitrogen functional groups attached to an aromatic ring is 1. The predicted octanol–water partition coefficient (Wildman–Crippen LogP) is 2.35. The van der Waals surface area contributed by atoms with Crippen LogP contribution in [0, 0.1) is 13.8 Å². The number of rotatable bonds is 3. The lowest BCUT2D eigenvalue weighted by atomic mass is 10.2. The van der Waals surface area contributed by atoms with Gasteiger partial charge in [-0.15, -0.1) is 0 Å². The number of pyridine rings is 2. The van der Waals surface area contributed by atoms with Crippen molar-refractivity contribution in [1.29, 1.82) is 0 Å². The Kier molecular flexibility index (Phi) is 7.06. The van der Waals surface area contributed by atoms with Gasteiger partial charge < -0.3 is 5.73 Å². The van der Waals surface area contributed by atoms with Gasteiger partial charge in [0.15, 0.2) is 0 Å². The van der Waals surface area contributed by atoms with Crippen molar-refractivity contribution in [2.45, 2.75) is 58.8 Å². The third-order valence-corrected chi connectivity index (χ3v) is 6.16. The number of hydrogen-bond acceptors (Lipinski definition) is 9. The van der Waals surface area contributed by atoms with Crippen molar-refractivity contribution in [2.24, 2.45) is 0 Å². The van der Waals surface area contributed by atoms with Gasteiger partial charge in [-0.2, -0.15) is 9.97 Å². The summed E-state index contributed by atoms with van der Waals surface area (Å²) in [7, 11) is -3.51. The van der Waals surface area contributed by atoms with E-state index < -0.39 is 9.84 Å². The molecule has 0 unspecified atom stereocenters. The minimum atomic E-state index is -3.51. The van der Waals surface area contributed by atoms with E-state index in [1.807, 2.05) is 34.6 Å². The normalized spacial score (nSPS) is 11.8. The topological polar surface area (TPSA) is 156 Å². The maximum atomic E-state index is 11.9. The lowest BCUT2D eigenvalue weighted by molar-refractivity contribution is 0.581. The van der Waals surface area contributed by atoms with Crippen LogP contribution in [0.15, 0.2) is 39.0 Å². The molecule has 4 aromatic heterocycles. The molecule has 11 nitrogen and oxygen atoms in total. The van der Waals surface area contributed by atoms with Crippen molar-refractivity contribution < 1.29 is 8.42 Å². The van der Waals surface area contributed by atoms with E-state index in [2.05, 4.69) is 19.9 Å². The van der Waals surface area contributed by atoms with E-state index in [4.69, 9.17) is 5.73 Å². The van der Waals surface area contributed by atoms with Crippen LogP contribution in [-0.2, 0) is 9.84 Å². The molecule has 0 fully saturated rings. The van der Waals surface area contributed by atoms with Crippen molar-refractivity contribution in [3.8, 4) is 0 Å². The minimum Gasteiger partial charge on any atom is -0.368 e. The van der Waals surface area contributed by atoms with Crippen LogP contribution < -0.4 is 16.9 Å². The third kappa shape index (κ3) is 5.21. The summed E-state index contributed by atoms with van der Waals surface area (Å²) in [5.74, 6) is 0.199. The Labute approximate surface area is 202 Å². The average molecular weight is 500 g/mol. The Bertz CT molecular complexity index is 1660. The Balaban J connectivity index is 0.000000198. The van der Waals surface area contributed by atoms with Crippen LogP contribution >= 0.6 is 0 Å². The van der Waals surface area contributed by atoms with Gasteiger partial charge in [-0.3, -0.25) is 18.7 Å². The van der Waals surface area contributed by atoms with E-state index in [0.29, 0.717) is 22.4 Å². The number of nitrogens with two attached hydrogens (primary N) is 1. The highest BCUT2D eigenvalue weighted by Gasteiger charge is 2.17. The van der Waals surface area contributed by atoms with E-state index in [1.54, 1.807) is 23.6 Å². The zero-order valence-corrected chi connectivity index (χ0v) is 21.6. The molecule has 0 saturated carbocycles. The second kappa shape index (κ2) is 9.53. The fourth-order valence-corrected chi connectivity index (χ4v) is 4.28. The molecule has 0 spiro atoms. The first-order valence-corrected chi connectivity index (χ1v) is 12.9. The van der Waals surface area contributed by atoms with Gasteiger partial charge in [0.2, 0.25) is 20.9 Å². The fourth-order valence-electron chi connectivity index (χ4n) is 3.73. The summed E-state index contributed by atoms with van der Waals surface area (Å²) < 4.78 is 26.3.